The zero-order valence-electron chi connectivity index (χ0n) is 13.3. The first-order valence-electron chi connectivity index (χ1n) is 7.84. The van der Waals surface area contributed by atoms with Crippen molar-refractivity contribution < 1.29 is 4.74 Å². The fourth-order valence-electron chi connectivity index (χ4n) is 2.96. The van der Waals surface area contributed by atoms with E-state index in [9.17, 15) is 0 Å². The van der Waals surface area contributed by atoms with Crippen molar-refractivity contribution in [3.8, 4) is 5.75 Å². The zero-order chi connectivity index (χ0) is 16.5. The van der Waals surface area contributed by atoms with E-state index >= 15 is 0 Å². The third kappa shape index (κ3) is 2.92. The first kappa shape index (κ1) is 15.6. The van der Waals surface area contributed by atoms with Crippen LogP contribution < -0.4 is 9.64 Å². The molecule has 1 aromatic heterocycles. The minimum atomic E-state index is 0.707. The van der Waals surface area contributed by atoms with Gasteiger partial charge in [0.15, 0.2) is 0 Å². The molecule has 122 valence electrons. The van der Waals surface area contributed by atoms with Crippen LogP contribution in [0.25, 0.3) is 10.9 Å². The number of ether oxygens (including phenoxy) is 1. The van der Waals surface area contributed by atoms with Crippen molar-refractivity contribution >= 4 is 40.1 Å². The second-order valence-corrected chi connectivity index (χ2v) is 7.27. The van der Waals surface area contributed by atoms with Crippen molar-refractivity contribution in [3.05, 3.63) is 59.1 Å². The number of aromatic nitrogens is 1. The molecule has 0 atom stereocenters. The van der Waals surface area contributed by atoms with E-state index in [1.807, 2.05) is 36.0 Å². The van der Waals surface area contributed by atoms with Crippen molar-refractivity contribution in [1.29, 1.82) is 0 Å². The van der Waals surface area contributed by atoms with Crippen LogP contribution >= 0.6 is 23.4 Å². The van der Waals surface area contributed by atoms with E-state index in [1.165, 1.54) is 10.5 Å². The number of hydrogen-bond donors (Lipinski definition) is 0. The molecule has 3 aromatic rings. The van der Waals surface area contributed by atoms with Crippen LogP contribution in [0.15, 0.2) is 53.4 Å². The molecule has 1 aliphatic heterocycles. The highest BCUT2D eigenvalue weighted by Crippen LogP contribution is 2.33. The van der Waals surface area contributed by atoms with E-state index in [1.54, 1.807) is 7.11 Å². The Labute approximate surface area is 150 Å². The lowest BCUT2D eigenvalue weighted by Gasteiger charge is -2.22. The highest BCUT2D eigenvalue weighted by atomic mass is 35.5. The molecule has 24 heavy (non-hydrogen) atoms. The molecular weight excluding hydrogens is 340 g/mol. The highest BCUT2D eigenvalue weighted by Gasteiger charge is 2.17. The van der Waals surface area contributed by atoms with E-state index < -0.39 is 0 Å². The summed E-state index contributed by atoms with van der Waals surface area (Å²) in [5, 5.41) is 1.63. The molecule has 4 rings (SSSR count). The van der Waals surface area contributed by atoms with E-state index in [0.29, 0.717) is 5.02 Å². The number of pyridine rings is 1. The molecule has 5 heteroatoms. The van der Waals surface area contributed by atoms with Gasteiger partial charge in [-0.2, -0.15) is 0 Å². The number of fused-ring (bicyclic) bond motifs is 2. The Kier molecular flexibility index (Phi) is 4.25. The van der Waals surface area contributed by atoms with E-state index in [2.05, 4.69) is 29.2 Å². The molecular formula is C19H17ClN2OS. The summed E-state index contributed by atoms with van der Waals surface area (Å²) < 4.78 is 5.28. The minimum absolute atomic E-state index is 0.707. The Morgan fingerprint density at radius 3 is 2.92 bits per heavy atom. The van der Waals surface area contributed by atoms with Crippen LogP contribution in [0.1, 0.15) is 5.56 Å². The first-order valence-corrected chi connectivity index (χ1v) is 9.21. The average Bonchev–Trinajstić information content (AvgIpc) is 2.84. The van der Waals surface area contributed by atoms with Crippen LogP contribution in [0.4, 0.5) is 5.82 Å². The van der Waals surface area contributed by atoms with Gasteiger partial charge in [-0.05, 0) is 35.9 Å². The largest absolute Gasteiger partial charge is 0.497 e. The summed E-state index contributed by atoms with van der Waals surface area (Å²) in [5.74, 6) is 2.76. The van der Waals surface area contributed by atoms with Crippen molar-refractivity contribution in [2.75, 3.05) is 24.3 Å². The molecule has 1 aliphatic rings. The number of benzene rings is 2. The predicted molar refractivity (Wildman–Crippen MR) is 102 cm³/mol. The molecule has 0 N–H and O–H groups in total. The van der Waals surface area contributed by atoms with Gasteiger partial charge in [0.1, 0.15) is 11.6 Å². The molecule has 0 aliphatic carbocycles. The van der Waals surface area contributed by atoms with Crippen molar-refractivity contribution in [2.24, 2.45) is 0 Å². The standard InChI is InChI=1S/C19H17ClN2OS/c1-23-14-6-7-17-15(10-14)16(20)11-19(21-17)22-8-9-24-18-5-3-2-4-13(18)12-22/h2-7,10-11H,8-9,12H2,1H3. The topological polar surface area (TPSA) is 25.4 Å². The maximum Gasteiger partial charge on any atom is 0.131 e. The fourth-order valence-corrected chi connectivity index (χ4v) is 4.23. The Morgan fingerprint density at radius 2 is 2.04 bits per heavy atom. The summed E-state index contributed by atoms with van der Waals surface area (Å²) in [4.78, 5) is 8.48. The Balaban J connectivity index is 1.74. The van der Waals surface area contributed by atoms with Gasteiger partial charge in [-0.15, -0.1) is 11.8 Å². The quantitative estimate of drug-likeness (QED) is 0.644. The molecule has 0 fully saturated rings. The molecule has 2 heterocycles. The number of hydrogen-bond acceptors (Lipinski definition) is 4. The van der Waals surface area contributed by atoms with Gasteiger partial charge in [0.2, 0.25) is 0 Å². The van der Waals surface area contributed by atoms with Gasteiger partial charge >= 0.3 is 0 Å². The second-order valence-electron chi connectivity index (χ2n) is 5.72. The Hall–Kier alpha value is -1.91. The number of methoxy groups -OCH3 is 1. The summed E-state index contributed by atoms with van der Waals surface area (Å²) in [5.41, 5.74) is 2.23. The molecule has 0 bridgehead atoms. The summed E-state index contributed by atoms with van der Waals surface area (Å²) in [7, 11) is 1.66. The van der Waals surface area contributed by atoms with Gasteiger partial charge in [-0.25, -0.2) is 4.98 Å². The van der Waals surface area contributed by atoms with Crippen LogP contribution in [0.3, 0.4) is 0 Å². The van der Waals surface area contributed by atoms with Crippen molar-refractivity contribution in [1.82, 2.24) is 4.98 Å². The molecule has 0 unspecified atom stereocenters. The highest BCUT2D eigenvalue weighted by molar-refractivity contribution is 7.99. The zero-order valence-corrected chi connectivity index (χ0v) is 14.9. The normalized spacial score (nSPS) is 14.3. The summed E-state index contributed by atoms with van der Waals surface area (Å²) in [6, 6.07) is 16.3. The second kappa shape index (κ2) is 6.54. The van der Waals surface area contributed by atoms with Gasteiger partial charge in [-0.1, -0.05) is 29.8 Å². The number of anilines is 1. The smallest absolute Gasteiger partial charge is 0.131 e. The predicted octanol–water partition coefficient (Wildman–Crippen LogP) is 5.01. The SMILES string of the molecule is COc1ccc2nc(N3CCSc4ccccc4C3)cc(Cl)c2c1. The Morgan fingerprint density at radius 1 is 1.17 bits per heavy atom. The maximum atomic E-state index is 6.52. The monoisotopic (exact) mass is 356 g/mol. The molecule has 2 aromatic carbocycles. The first-order chi connectivity index (χ1) is 11.7. The Bertz CT molecular complexity index is 900. The summed E-state index contributed by atoms with van der Waals surface area (Å²) in [6.07, 6.45) is 0. The van der Waals surface area contributed by atoms with Gasteiger partial charge in [0.25, 0.3) is 0 Å². The molecule has 0 spiro atoms. The van der Waals surface area contributed by atoms with Crippen LogP contribution in [0.2, 0.25) is 5.02 Å². The van der Waals surface area contributed by atoms with Crippen molar-refractivity contribution in [2.45, 2.75) is 11.4 Å². The average molecular weight is 357 g/mol. The molecule has 0 saturated carbocycles. The van der Waals surface area contributed by atoms with Crippen LogP contribution in [0, 0.1) is 0 Å². The molecule has 0 radical (unpaired) electrons. The minimum Gasteiger partial charge on any atom is -0.497 e. The molecule has 0 amide bonds. The van der Waals surface area contributed by atoms with Crippen LogP contribution in [-0.2, 0) is 6.54 Å². The fraction of sp³-hybridized carbons (Fsp3) is 0.211. The molecule has 0 saturated heterocycles. The number of rotatable bonds is 2. The van der Waals surface area contributed by atoms with Crippen LogP contribution in [0.5, 0.6) is 5.75 Å². The lowest BCUT2D eigenvalue weighted by Crippen LogP contribution is -2.24. The van der Waals surface area contributed by atoms with Gasteiger partial charge in [0.05, 0.1) is 17.6 Å². The van der Waals surface area contributed by atoms with Gasteiger partial charge < -0.3 is 9.64 Å². The number of halogens is 1. The van der Waals surface area contributed by atoms with E-state index in [-0.39, 0.29) is 0 Å². The van der Waals surface area contributed by atoms with E-state index in [4.69, 9.17) is 21.3 Å². The summed E-state index contributed by atoms with van der Waals surface area (Å²) in [6.45, 7) is 1.80. The van der Waals surface area contributed by atoms with Gasteiger partial charge in [0, 0.05) is 29.1 Å². The lowest BCUT2D eigenvalue weighted by molar-refractivity contribution is 0.415. The third-order valence-corrected chi connectivity index (χ3v) is 5.64. The van der Waals surface area contributed by atoms with Crippen LogP contribution in [-0.4, -0.2) is 24.4 Å². The maximum absolute atomic E-state index is 6.52. The number of nitrogens with zero attached hydrogens (tertiary/aromatic N) is 2. The van der Waals surface area contributed by atoms with Gasteiger partial charge in [-0.3, -0.25) is 0 Å². The number of thioether (sulfide) groups is 1. The van der Waals surface area contributed by atoms with Crippen molar-refractivity contribution in [3.63, 3.8) is 0 Å². The summed E-state index contributed by atoms with van der Waals surface area (Å²) >= 11 is 8.43. The van der Waals surface area contributed by atoms with E-state index in [0.717, 1.165) is 41.3 Å². The molecule has 3 nitrogen and oxygen atoms in total. The third-order valence-electron chi connectivity index (χ3n) is 4.23. The lowest BCUT2D eigenvalue weighted by atomic mass is 10.2.